The van der Waals surface area contributed by atoms with Gasteiger partial charge in [-0.3, -0.25) is 4.79 Å². The molecule has 0 bridgehead atoms. The second-order valence-corrected chi connectivity index (χ2v) is 7.75. The number of hydrogen-bond donors (Lipinski definition) is 4. The largest absolute Gasteiger partial charge is 0.399 e. The molecular formula is C26H22N4O. The summed E-state index contributed by atoms with van der Waals surface area (Å²) in [6, 6.07) is 26.9. The van der Waals surface area contributed by atoms with Gasteiger partial charge in [0, 0.05) is 45.3 Å². The Kier molecular flexibility index (Phi) is 4.56. The van der Waals surface area contributed by atoms with Crippen LogP contribution in [0.3, 0.4) is 0 Å². The van der Waals surface area contributed by atoms with Gasteiger partial charge in [-0.1, -0.05) is 12.1 Å². The lowest BCUT2D eigenvalue weighted by atomic mass is 9.84. The maximum Gasteiger partial charge on any atom is 0.193 e. The minimum absolute atomic E-state index is 0.0576. The van der Waals surface area contributed by atoms with Crippen molar-refractivity contribution in [3.8, 4) is 0 Å². The molecule has 0 unspecified atom stereocenters. The molecule has 4 aromatic rings. The van der Waals surface area contributed by atoms with Crippen LogP contribution < -0.4 is 22.1 Å². The summed E-state index contributed by atoms with van der Waals surface area (Å²) >= 11 is 0. The molecule has 0 radical (unpaired) electrons. The predicted molar refractivity (Wildman–Crippen MR) is 127 cm³/mol. The zero-order chi connectivity index (χ0) is 21.4. The zero-order valence-electron chi connectivity index (χ0n) is 16.9. The van der Waals surface area contributed by atoms with Gasteiger partial charge in [0.15, 0.2) is 5.78 Å². The van der Waals surface area contributed by atoms with Crippen LogP contribution in [0.2, 0.25) is 0 Å². The Morgan fingerprint density at radius 3 is 1.48 bits per heavy atom. The van der Waals surface area contributed by atoms with E-state index in [9.17, 15) is 4.79 Å². The van der Waals surface area contributed by atoms with Crippen LogP contribution in [0.1, 0.15) is 27.0 Å². The fourth-order valence-electron chi connectivity index (χ4n) is 3.99. The quantitative estimate of drug-likeness (QED) is 0.297. The van der Waals surface area contributed by atoms with E-state index in [4.69, 9.17) is 11.5 Å². The number of fused-ring (bicyclic) bond motifs is 2. The lowest BCUT2D eigenvalue weighted by Gasteiger charge is -2.21. The van der Waals surface area contributed by atoms with Gasteiger partial charge in [-0.15, -0.1) is 0 Å². The van der Waals surface area contributed by atoms with Crippen molar-refractivity contribution in [3.63, 3.8) is 0 Å². The maximum atomic E-state index is 13.1. The molecule has 0 heterocycles. The van der Waals surface area contributed by atoms with E-state index in [0.29, 0.717) is 17.8 Å². The number of hydrogen-bond acceptors (Lipinski definition) is 5. The zero-order valence-corrected chi connectivity index (χ0v) is 16.9. The van der Waals surface area contributed by atoms with Crippen molar-refractivity contribution in [2.45, 2.75) is 6.42 Å². The molecule has 5 heteroatoms. The number of nitrogen functional groups attached to an aromatic ring is 2. The minimum Gasteiger partial charge on any atom is -0.399 e. The number of rotatable bonds is 4. The number of nitrogens with one attached hydrogen (secondary N) is 2. The first-order chi connectivity index (χ1) is 15.0. The molecule has 152 valence electrons. The smallest absolute Gasteiger partial charge is 0.193 e. The van der Waals surface area contributed by atoms with Crippen molar-refractivity contribution >= 4 is 39.9 Å². The van der Waals surface area contributed by atoms with Crippen LogP contribution in [-0.2, 0) is 6.42 Å². The van der Waals surface area contributed by atoms with Crippen molar-refractivity contribution < 1.29 is 4.79 Å². The monoisotopic (exact) mass is 406 g/mol. The van der Waals surface area contributed by atoms with E-state index in [0.717, 1.165) is 45.0 Å². The van der Waals surface area contributed by atoms with E-state index in [1.165, 1.54) is 0 Å². The van der Waals surface area contributed by atoms with Gasteiger partial charge in [0.1, 0.15) is 0 Å². The Bertz CT molecular complexity index is 1210. The van der Waals surface area contributed by atoms with Crippen molar-refractivity contribution in [1.82, 2.24) is 0 Å². The first-order valence-electron chi connectivity index (χ1n) is 10.1. The van der Waals surface area contributed by atoms with Crippen LogP contribution in [0.4, 0.5) is 34.1 Å². The van der Waals surface area contributed by atoms with Crippen molar-refractivity contribution in [2.75, 3.05) is 22.1 Å². The van der Waals surface area contributed by atoms with E-state index in [-0.39, 0.29) is 5.78 Å². The summed E-state index contributed by atoms with van der Waals surface area (Å²) in [4.78, 5) is 13.1. The van der Waals surface area contributed by atoms with E-state index in [1.54, 1.807) is 0 Å². The Morgan fingerprint density at radius 2 is 1.03 bits per heavy atom. The Morgan fingerprint density at radius 1 is 0.581 bits per heavy atom. The first kappa shape index (κ1) is 18.8. The van der Waals surface area contributed by atoms with Gasteiger partial charge in [-0.2, -0.15) is 0 Å². The highest BCUT2D eigenvalue weighted by molar-refractivity contribution is 6.12. The Labute approximate surface area is 180 Å². The summed E-state index contributed by atoms with van der Waals surface area (Å²) in [6.07, 6.45) is 0.690. The third-order valence-electron chi connectivity index (χ3n) is 5.43. The first-order valence-corrected chi connectivity index (χ1v) is 10.1. The molecular weight excluding hydrogens is 384 g/mol. The summed E-state index contributed by atoms with van der Waals surface area (Å²) in [7, 11) is 0. The molecule has 6 N–H and O–H groups in total. The second-order valence-electron chi connectivity index (χ2n) is 7.75. The highest BCUT2D eigenvalue weighted by Gasteiger charge is 2.23. The SMILES string of the molecule is Nc1cccc(Nc2ccc3c(c2)Cc2cc(Nc4cccc(N)c4)ccc2C3=O)c1. The summed E-state index contributed by atoms with van der Waals surface area (Å²) in [6.45, 7) is 0. The number of benzene rings is 4. The Hall–Kier alpha value is -4.25. The number of ketones is 1. The predicted octanol–water partition coefficient (Wildman–Crippen LogP) is 5.47. The fourth-order valence-corrected chi connectivity index (χ4v) is 3.99. The van der Waals surface area contributed by atoms with Gasteiger partial charge in [0.2, 0.25) is 0 Å². The molecule has 0 amide bonds. The lowest BCUT2D eigenvalue weighted by molar-refractivity contribution is 0.103. The van der Waals surface area contributed by atoms with Crippen LogP contribution >= 0.6 is 0 Å². The molecule has 4 aromatic carbocycles. The summed E-state index contributed by atoms with van der Waals surface area (Å²) in [5, 5.41) is 6.74. The molecule has 0 saturated carbocycles. The molecule has 0 aliphatic heterocycles. The van der Waals surface area contributed by atoms with Gasteiger partial charge < -0.3 is 22.1 Å². The average Bonchev–Trinajstić information content (AvgIpc) is 2.74. The molecule has 1 aliphatic carbocycles. The van der Waals surface area contributed by atoms with E-state index < -0.39 is 0 Å². The molecule has 1 aliphatic rings. The lowest BCUT2D eigenvalue weighted by Crippen LogP contribution is -2.15. The van der Waals surface area contributed by atoms with Gasteiger partial charge in [-0.05, 0) is 90.3 Å². The average molecular weight is 406 g/mol. The Balaban J connectivity index is 1.43. The molecule has 5 rings (SSSR count). The molecule has 0 fully saturated rings. The minimum atomic E-state index is 0.0576. The molecule has 0 aromatic heterocycles. The third kappa shape index (κ3) is 3.81. The van der Waals surface area contributed by atoms with Crippen molar-refractivity contribution in [1.29, 1.82) is 0 Å². The van der Waals surface area contributed by atoms with Crippen LogP contribution in [0.5, 0.6) is 0 Å². The number of nitrogens with two attached hydrogens (primary N) is 2. The van der Waals surface area contributed by atoms with Crippen LogP contribution in [0.25, 0.3) is 0 Å². The van der Waals surface area contributed by atoms with E-state index in [2.05, 4.69) is 10.6 Å². The van der Waals surface area contributed by atoms with E-state index >= 15 is 0 Å². The van der Waals surface area contributed by atoms with E-state index in [1.807, 2.05) is 84.9 Å². The van der Waals surface area contributed by atoms with Gasteiger partial charge >= 0.3 is 0 Å². The van der Waals surface area contributed by atoms with Crippen LogP contribution in [0, 0.1) is 0 Å². The topological polar surface area (TPSA) is 93.2 Å². The molecule has 0 saturated heterocycles. The summed E-state index contributed by atoms with van der Waals surface area (Å²) < 4.78 is 0. The van der Waals surface area contributed by atoms with Crippen LogP contribution in [-0.4, -0.2) is 5.78 Å². The summed E-state index contributed by atoms with van der Waals surface area (Å²) in [5.74, 6) is 0.0576. The molecule has 5 nitrogen and oxygen atoms in total. The molecule has 0 atom stereocenters. The van der Waals surface area contributed by atoms with Gasteiger partial charge in [0.05, 0.1) is 0 Å². The van der Waals surface area contributed by atoms with Gasteiger partial charge in [0.25, 0.3) is 0 Å². The summed E-state index contributed by atoms with van der Waals surface area (Å²) in [5.41, 5.74) is 20.3. The highest BCUT2D eigenvalue weighted by atomic mass is 16.1. The number of carbonyl (C=O) groups excluding carboxylic acids is 1. The second kappa shape index (κ2) is 7.54. The van der Waals surface area contributed by atoms with Crippen LogP contribution in [0.15, 0.2) is 84.9 Å². The maximum absolute atomic E-state index is 13.1. The normalized spacial score (nSPS) is 12.1. The fraction of sp³-hybridized carbons (Fsp3) is 0.0385. The molecule has 0 spiro atoms. The van der Waals surface area contributed by atoms with Crippen molar-refractivity contribution in [3.05, 3.63) is 107 Å². The number of anilines is 6. The third-order valence-corrected chi connectivity index (χ3v) is 5.43. The molecule has 31 heavy (non-hydrogen) atoms. The number of carbonyl (C=O) groups is 1. The van der Waals surface area contributed by atoms with Crippen molar-refractivity contribution in [2.24, 2.45) is 0 Å². The highest BCUT2D eigenvalue weighted by Crippen LogP contribution is 2.32. The standard InChI is InChI=1S/C26H22N4O/c27-18-3-1-5-20(14-18)29-22-7-9-24-16(12-22)11-17-13-23(8-10-25(17)26(24)31)30-21-6-2-4-19(28)15-21/h1-10,12-15,29-30H,11,27-28H2. The van der Waals surface area contributed by atoms with Gasteiger partial charge in [-0.25, -0.2) is 0 Å².